The van der Waals surface area contributed by atoms with Crippen LogP contribution in [0.25, 0.3) is 0 Å². The predicted molar refractivity (Wildman–Crippen MR) is 103 cm³/mol. The lowest BCUT2D eigenvalue weighted by molar-refractivity contribution is 0.00698. The topological polar surface area (TPSA) is 64.6 Å². The molecule has 0 aliphatic rings. The zero-order valence-corrected chi connectivity index (χ0v) is 16.9. The van der Waals surface area contributed by atoms with Crippen LogP contribution < -0.4 is 9.46 Å². The van der Waals surface area contributed by atoms with E-state index in [0.29, 0.717) is 17.4 Å². The second-order valence-corrected chi connectivity index (χ2v) is 8.32. The smallest absolute Gasteiger partial charge is 0.244 e. The maximum Gasteiger partial charge on any atom is 0.244 e. The van der Waals surface area contributed by atoms with Gasteiger partial charge >= 0.3 is 0 Å². The minimum Gasteiger partial charge on any atom is -0.492 e. The van der Waals surface area contributed by atoms with Gasteiger partial charge in [-0.25, -0.2) is 13.1 Å². The Morgan fingerprint density at radius 1 is 1.19 bits per heavy atom. The molecule has 0 bridgehead atoms. The van der Waals surface area contributed by atoms with E-state index in [0.717, 1.165) is 11.1 Å². The first kappa shape index (κ1) is 20.7. The standard InChI is InChI=1S/C19H24ClNO4S/c1-5-25-17-10-9-14(2)11-18(17)26(22,23)21-13-19(3,24-4)15-7-6-8-16(20)12-15/h6-12,21H,5,13H2,1-4H3. The van der Waals surface area contributed by atoms with Crippen molar-refractivity contribution in [2.45, 2.75) is 31.3 Å². The van der Waals surface area contributed by atoms with E-state index in [4.69, 9.17) is 21.1 Å². The van der Waals surface area contributed by atoms with E-state index in [-0.39, 0.29) is 11.4 Å². The van der Waals surface area contributed by atoms with Crippen LogP contribution in [0.15, 0.2) is 47.4 Å². The maximum absolute atomic E-state index is 12.9. The lowest BCUT2D eigenvalue weighted by atomic mass is 9.96. The molecule has 142 valence electrons. The van der Waals surface area contributed by atoms with Crippen molar-refractivity contribution in [3.8, 4) is 5.75 Å². The number of halogens is 1. The van der Waals surface area contributed by atoms with Gasteiger partial charge < -0.3 is 9.47 Å². The van der Waals surface area contributed by atoms with Crippen LogP contribution in [0.5, 0.6) is 5.75 Å². The van der Waals surface area contributed by atoms with Crippen molar-refractivity contribution in [3.05, 3.63) is 58.6 Å². The van der Waals surface area contributed by atoms with Crippen molar-refractivity contribution in [3.63, 3.8) is 0 Å². The van der Waals surface area contributed by atoms with Gasteiger partial charge in [0, 0.05) is 18.7 Å². The number of hydrogen-bond acceptors (Lipinski definition) is 4. The molecule has 1 unspecified atom stereocenters. The Labute approximate surface area is 160 Å². The van der Waals surface area contributed by atoms with Crippen molar-refractivity contribution in [1.82, 2.24) is 4.72 Å². The van der Waals surface area contributed by atoms with Crippen molar-refractivity contribution < 1.29 is 17.9 Å². The third-order valence-corrected chi connectivity index (χ3v) is 5.83. The molecule has 0 aliphatic carbocycles. The number of sulfonamides is 1. The first-order valence-corrected chi connectivity index (χ1v) is 10.1. The number of rotatable bonds is 8. The summed E-state index contributed by atoms with van der Waals surface area (Å²) in [6.45, 7) is 5.88. The molecule has 0 spiro atoms. The van der Waals surface area contributed by atoms with E-state index >= 15 is 0 Å². The Morgan fingerprint density at radius 3 is 2.54 bits per heavy atom. The molecule has 0 saturated carbocycles. The number of methoxy groups -OCH3 is 1. The minimum absolute atomic E-state index is 0.0473. The van der Waals surface area contributed by atoms with E-state index < -0.39 is 15.6 Å². The molecule has 2 aromatic carbocycles. The Bertz CT molecular complexity index is 870. The summed E-state index contributed by atoms with van der Waals surface area (Å²) < 4.78 is 39.4. The molecule has 26 heavy (non-hydrogen) atoms. The summed E-state index contributed by atoms with van der Waals surface area (Å²) in [4.78, 5) is 0.115. The van der Waals surface area contributed by atoms with Crippen LogP contribution in [-0.4, -0.2) is 28.7 Å². The van der Waals surface area contributed by atoms with Crippen LogP contribution in [0.2, 0.25) is 5.02 Å². The van der Waals surface area contributed by atoms with Gasteiger partial charge in [0.15, 0.2) is 0 Å². The van der Waals surface area contributed by atoms with Crippen LogP contribution in [0.3, 0.4) is 0 Å². The van der Waals surface area contributed by atoms with E-state index in [2.05, 4.69) is 4.72 Å². The number of aryl methyl sites for hydroxylation is 1. The van der Waals surface area contributed by atoms with Crippen molar-refractivity contribution in [2.24, 2.45) is 0 Å². The number of nitrogens with one attached hydrogen (secondary N) is 1. The molecule has 0 saturated heterocycles. The zero-order valence-electron chi connectivity index (χ0n) is 15.4. The molecular formula is C19H24ClNO4S. The second kappa shape index (κ2) is 8.39. The average molecular weight is 398 g/mol. The second-order valence-electron chi connectivity index (χ2n) is 6.15. The monoisotopic (exact) mass is 397 g/mol. The first-order chi connectivity index (χ1) is 12.2. The highest BCUT2D eigenvalue weighted by Crippen LogP contribution is 2.29. The van der Waals surface area contributed by atoms with Gasteiger partial charge in [-0.15, -0.1) is 0 Å². The van der Waals surface area contributed by atoms with E-state index in [9.17, 15) is 8.42 Å². The van der Waals surface area contributed by atoms with Crippen molar-refractivity contribution in [1.29, 1.82) is 0 Å². The molecule has 1 atom stereocenters. The van der Waals surface area contributed by atoms with Crippen LogP contribution in [-0.2, 0) is 20.4 Å². The molecule has 0 radical (unpaired) electrons. The van der Waals surface area contributed by atoms with E-state index in [1.54, 1.807) is 37.3 Å². The summed E-state index contributed by atoms with van der Waals surface area (Å²) in [5.41, 5.74) is 0.746. The zero-order chi connectivity index (χ0) is 19.4. The largest absolute Gasteiger partial charge is 0.492 e. The average Bonchev–Trinajstić information content (AvgIpc) is 2.61. The van der Waals surface area contributed by atoms with E-state index in [1.807, 2.05) is 26.0 Å². The lowest BCUT2D eigenvalue weighted by Crippen LogP contribution is -2.40. The highest BCUT2D eigenvalue weighted by molar-refractivity contribution is 7.89. The van der Waals surface area contributed by atoms with Crippen LogP contribution >= 0.6 is 11.6 Å². The molecule has 0 fully saturated rings. The fourth-order valence-corrected chi connectivity index (χ4v) is 4.06. The molecule has 2 rings (SSSR count). The molecule has 2 aromatic rings. The lowest BCUT2D eigenvalue weighted by Gasteiger charge is -2.29. The van der Waals surface area contributed by atoms with Gasteiger partial charge in [0.05, 0.1) is 6.61 Å². The number of ether oxygens (including phenoxy) is 2. The highest BCUT2D eigenvalue weighted by Gasteiger charge is 2.30. The highest BCUT2D eigenvalue weighted by atomic mass is 35.5. The van der Waals surface area contributed by atoms with Gasteiger partial charge in [-0.05, 0) is 56.2 Å². The van der Waals surface area contributed by atoms with Crippen molar-refractivity contribution >= 4 is 21.6 Å². The van der Waals surface area contributed by atoms with Crippen molar-refractivity contribution in [2.75, 3.05) is 20.3 Å². The van der Waals surface area contributed by atoms with Crippen LogP contribution in [0.4, 0.5) is 0 Å². The Morgan fingerprint density at radius 2 is 1.92 bits per heavy atom. The summed E-state index contributed by atoms with van der Waals surface area (Å²) >= 11 is 6.06. The van der Waals surface area contributed by atoms with Gasteiger partial charge in [0.2, 0.25) is 10.0 Å². The Balaban J connectivity index is 2.30. The Hall–Kier alpha value is -1.60. The molecule has 0 aliphatic heterocycles. The van der Waals surface area contributed by atoms with E-state index in [1.165, 1.54) is 7.11 Å². The molecular weight excluding hydrogens is 374 g/mol. The molecule has 0 amide bonds. The van der Waals surface area contributed by atoms with Gasteiger partial charge in [-0.2, -0.15) is 0 Å². The minimum atomic E-state index is -3.79. The van der Waals surface area contributed by atoms with Gasteiger partial charge in [0.25, 0.3) is 0 Å². The number of benzene rings is 2. The van der Waals surface area contributed by atoms with Crippen LogP contribution in [0.1, 0.15) is 25.0 Å². The SMILES string of the molecule is CCOc1ccc(C)cc1S(=O)(=O)NCC(C)(OC)c1cccc(Cl)c1. The fraction of sp³-hybridized carbons (Fsp3) is 0.368. The number of hydrogen-bond donors (Lipinski definition) is 1. The summed E-state index contributed by atoms with van der Waals surface area (Å²) in [7, 11) is -2.25. The molecule has 0 heterocycles. The molecule has 1 N–H and O–H groups in total. The first-order valence-electron chi connectivity index (χ1n) is 8.26. The summed E-state index contributed by atoms with van der Waals surface area (Å²) in [6.07, 6.45) is 0. The fourth-order valence-electron chi connectivity index (χ4n) is 2.52. The summed E-state index contributed by atoms with van der Waals surface area (Å²) in [6, 6.07) is 12.2. The third kappa shape index (κ3) is 4.76. The summed E-state index contributed by atoms with van der Waals surface area (Å²) in [5, 5.41) is 0.561. The van der Waals surface area contributed by atoms with Gasteiger partial charge in [-0.3, -0.25) is 0 Å². The molecule has 7 heteroatoms. The maximum atomic E-state index is 12.9. The molecule has 0 aromatic heterocycles. The van der Waals surface area contributed by atoms with Crippen LogP contribution in [0, 0.1) is 6.92 Å². The third-order valence-electron chi connectivity index (χ3n) is 4.17. The van der Waals surface area contributed by atoms with Gasteiger partial charge in [0.1, 0.15) is 16.2 Å². The predicted octanol–water partition coefficient (Wildman–Crippen LogP) is 3.89. The summed E-state index contributed by atoms with van der Waals surface area (Å²) in [5.74, 6) is 0.326. The Kier molecular flexibility index (Phi) is 6.69. The normalized spacial score (nSPS) is 14.0. The quantitative estimate of drug-likeness (QED) is 0.733. The molecule has 5 nitrogen and oxygen atoms in total. The van der Waals surface area contributed by atoms with Gasteiger partial charge in [-0.1, -0.05) is 29.8 Å².